The van der Waals surface area contributed by atoms with E-state index in [4.69, 9.17) is 23.2 Å². The van der Waals surface area contributed by atoms with Crippen LogP contribution in [0, 0.1) is 5.82 Å². The summed E-state index contributed by atoms with van der Waals surface area (Å²) >= 11 is 12.1. The van der Waals surface area contributed by atoms with Crippen molar-refractivity contribution in [3.05, 3.63) is 101 Å². The molecule has 0 aliphatic carbocycles. The van der Waals surface area contributed by atoms with Crippen molar-refractivity contribution in [2.75, 3.05) is 6.54 Å². The highest BCUT2D eigenvalue weighted by molar-refractivity contribution is 7.90. The zero-order chi connectivity index (χ0) is 22.0. The first-order chi connectivity index (χ1) is 14.8. The molecule has 1 unspecified atom stereocenters. The molecule has 3 aromatic carbocycles. The average molecular weight is 476 g/mol. The molecule has 1 atom stereocenters. The number of sulfonamides is 1. The van der Waals surface area contributed by atoms with Crippen LogP contribution in [-0.4, -0.2) is 31.0 Å². The highest BCUT2D eigenvalue weighted by Crippen LogP contribution is 2.30. The first-order valence-corrected chi connectivity index (χ1v) is 11.5. The molecule has 1 aliphatic rings. The highest BCUT2D eigenvalue weighted by Gasteiger charge is 2.32. The van der Waals surface area contributed by atoms with Gasteiger partial charge in [-0.25, -0.2) is 9.40 Å². The van der Waals surface area contributed by atoms with Gasteiger partial charge in [-0.1, -0.05) is 54.1 Å². The minimum Gasteiger partial charge on any atom is -0.236 e. The molecule has 0 amide bonds. The molecule has 0 aromatic heterocycles. The van der Waals surface area contributed by atoms with Gasteiger partial charge >= 0.3 is 0 Å². The van der Waals surface area contributed by atoms with Crippen LogP contribution in [0.15, 0.2) is 93.3 Å². The maximum absolute atomic E-state index is 13.4. The Morgan fingerprint density at radius 3 is 2.29 bits per heavy atom. The number of amidine groups is 1. The maximum Gasteiger partial charge on any atom is 0.285 e. The van der Waals surface area contributed by atoms with Crippen molar-refractivity contribution in [2.24, 2.45) is 9.50 Å². The lowest BCUT2D eigenvalue weighted by Gasteiger charge is -2.15. The summed E-state index contributed by atoms with van der Waals surface area (Å²) in [7, 11) is -4.05. The quantitative estimate of drug-likeness (QED) is 0.293. The summed E-state index contributed by atoms with van der Waals surface area (Å²) in [5, 5.41) is 5.98. The minimum atomic E-state index is -4.05. The molecule has 0 fully saturated rings. The summed E-state index contributed by atoms with van der Waals surface area (Å²) in [5.74, 6) is -0.557. The fourth-order valence-corrected chi connectivity index (χ4v) is 4.63. The van der Waals surface area contributed by atoms with Crippen LogP contribution in [0.5, 0.6) is 0 Å². The fraction of sp³-hybridized carbons (Fsp3) is 0.0909. The van der Waals surface area contributed by atoms with Crippen LogP contribution in [0.3, 0.4) is 0 Å². The monoisotopic (exact) mass is 475 g/mol. The van der Waals surface area contributed by atoms with Crippen LogP contribution in [0.4, 0.5) is 4.39 Å². The zero-order valence-electron chi connectivity index (χ0n) is 16.0. The Hall–Kier alpha value is -2.74. The molecule has 0 N–H and O–H groups in total. The SMILES string of the molecule is O=S(=O)(/N=C(/Cl)N1CC(c2ccccc2)C(c2ccc(F)cc2)=N1)c1ccc(Cl)cc1. The number of nitrogens with zero attached hydrogens (tertiary/aromatic N) is 3. The van der Waals surface area contributed by atoms with Crippen molar-refractivity contribution in [1.82, 2.24) is 5.01 Å². The number of hydrogen-bond donors (Lipinski definition) is 0. The Kier molecular flexibility index (Phi) is 6.09. The third-order valence-corrected chi connectivity index (χ3v) is 6.69. The van der Waals surface area contributed by atoms with Gasteiger partial charge in [0.1, 0.15) is 5.82 Å². The Morgan fingerprint density at radius 1 is 1.00 bits per heavy atom. The zero-order valence-corrected chi connectivity index (χ0v) is 18.3. The van der Waals surface area contributed by atoms with E-state index in [0.29, 0.717) is 16.3 Å². The lowest BCUT2D eigenvalue weighted by atomic mass is 9.91. The van der Waals surface area contributed by atoms with Gasteiger partial charge in [0.05, 0.1) is 17.2 Å². The van der Waals surface area contributed by atoms with E-state index >= 15 is 0 Å². The summed E-state index contributed by atoms with van der Waals surface area (Å²) in [6.45, 7) is 0.287. The molecule has 1 heterocycles. The van der Waals surface area contributed by atoms with Crippen molar-refractivity contribution < 1.29 is 12.8 Å². The molecular formula is C22H16Cl2FN3O2S. The normalized spacial score (nSPS) is 17.0. The van der Waals surface area contributed by atoms with Gasteiger partial charge in [-0.3, -0.25) is 0 Å². The Bertz CT molecular complexity index is 1250. The van der Waals surface area contributed by atoms with Gasteiger partial charge in [0, 0.05) is 10.9 Å². The van der Waals surface area contributed by atoms with Gasteiger partial charge in [0.2, 0.25) is 5.29 Å². The molecule has 5 nitrogen and oxygen atoms in total. The molecule has 158 valence electrons. The molecule has 1 aliphatic heterocycles. The number of hydrazone groups is 1. The third kappa shape index (κ3) is 4.79. The van der Waals surface area contributed by atoms with Crippen molar-refractivity contribution in [2.45, 2.75) is 10.8 Å². The molecule has 0 radical (unpaired) electrons. The molecule has 0 saturated heterocycles. The molecule has 9 heteroatoms. The number of benzene rings is 3. The molecule has 0 saturated carbocycles. The van der Waals surface area contributed by atoms with Gasteiger partial charge < -0.3 is 0 Å². The van der Waals surface area contributed by atoms with Gasteiger partial charge in [-0.2, -0.15) is 13.5 Å². The van der Waals surface area contributed by atoms with Crippen molar-refractivity contribution in [1.29, 1.82) is 0 Å². The topological polar surface area (TPSA) is 62.1 Å². The highest BCUT2D eigenvalue weighted by atomic mass is 35.5. The number of rotatable bonds is 4. The third-order valence-electron chi connectivity index (χ3n) is 4.78. The van der Waals surface area contributed by atoms with Crippen LogP contribution < -0.4 is 0 Å². The van der Waals surface area contributed by atoms with Crippen molar-refractivity contribution in [3.8, 4) is 0 Å². The van der Waals surface area contributed by atoms with E-state index in [0.717, 1.165) is 5.56 Å². The molecule has 4 rings (SSSR count). The van der Waals surface area contributed by atoms with Gasteiger partial charge in [0.25, 0.3) is 10.0 Å². The average Bonchev–Trinajstić information content (AvgIpc) is 3.21. The summed E-state index contributed by atoms with van der Waals surface area (Å²) < 4.78 is 42.4. The lowest BCUT2D eigenvalue weighted by molar-refractivity contribution is 0.483. The van der Waals surface area contributed by atoms with Gasteiger partial charge in [-0.05, 0) is 59.1 Å². The maximum atomic E-state index is 13.4. The summed E-state index contributed by atoms with van der Waals surface area (Å²) in [6.07, 6.45) is 0. The first-order valence-electron chi connectivity index (χ1n) is 9.26. The van der Waals surface area contributed by atoms with Crippen molar-refractivity contribution >= 4 is 44.2 Å². The fourth-order valence-electron chi connectivity index (χ4n) is 3.25. The second-order valence-electron chi connectivity index (χ2n) is 6.83. The van der Waals surface area contributed by atoms with Gasteiger partial charge in [-0.15, -0.1) is 4.40 Å². The number of hydrogen-bond acceptors (Lipinski definition) is 3. The van der Waals surface area contributed by atoms with E-state index in [-0.39, 0.29) is 28.5 Å². The predicted octanol–water partition coefficient (Wildman–Crippen LogP) is 5.27. The smallest absolute Gasteiger partial charge is 0.236 e. The predicted molar refractivity (Wildman–Crippen MR) is 121 cm³/mol. The molecular weight excluding hydrogens is 460 g/mol. The van der Waals surface area contributed by atoms with E-state index in [1.807, 2.05) is 30.3 Å². The Labute approximate surface area is 189 Å². The molecule has 31 heavy (non-hydrogen) atoms. The Balaban J connectivity index is 1.70. The first kappa shape index (κ1) is 21.5. The largest absolute Gasteiger partial charge is 0.285 e. The van der Waals surface area contributed by atoms with E-state index in [2.05, 4.69) is 9.50 Å². The van der Waals surface area contributed by atoms with E-state index in [9.17, 15) is 12.8 Å². The molecule has 0 spiro atoms. The molecule has 0 bridgehead atoms. The lowest BCUT2D eigenvalue weighted by Crippen LogP contribution is -2.23. The second kappa shape index (κ2) is 8.78. The van der Waals surface area contributed by atoms with Gasteiger partial charge in [0.15, 0.2) is 0 Å². The van der Waals surface area contributed by atoms with Crippen LogP contribution in [0.25, 0.3) is 0 Å². The van der Waals surface area contributed by atoms with E-state index in [1.165, 1.54) is 41.4 Å². The Morgan fingerprint density at radius 2 is 1.65 bits per heavy atom. The minimum absolute atomic E-state index is 0.0309. The van der Waals surface area contributed by atoms with Crippen molar-refractivity contribution in [3.63, 3.8) is 0 Å². The standard InChI is InChI=1S/C22H16Cl2FN3O2S/c23-17-8-12-19(13-9-17)31(29,30)27-22(24)28-14-20(15-4-2-1-3-5-15)21(26-28)16-6-10-18(25)11-7-16/h1-13,20H,14H2/b27-22-. The summed E-state index contributed by atoms with van der Waals surface area (Å²) in [4.78, 5) is -0.0309. The summed E-state index contributed by atoms with van der Waals surface area (Å²) in [6, 6.07) is 21.2. The van der Waals surface area contributed by atoms with E-state index < -0.39 is 10.0 Å². The van der Waals surface area contributed by atoms with Crippen LogP contribution in [0.2, 0.25) is 5.02 Å². The van der Waals surface area contributed by atoms with Crippen LogP contribution in [0.1, 0.15) is 17.0 Å². The number of halogens is 3. The van der Waals surface area contributed by atoms with E-state index in [1.54, 1.807) is 12.1 Å². The second-order valence-corrected chi connectivity index (χ2v) is 9.21. The van der Waals surface area contributed by atoms with Crippen LogP contribution >= 0.6 is 23.2 Å². The summed E-state index contributed by atoms with van der Waals surface area (Å²) in [5.41, 5.74) is 2.32. The van der Waals surface area contributed by atoms with Crippen LogP contribution in [-0.2, 0) is 10.0 Å². The molecule has 3 aromatic rings.